The third-order valence-electron chi connectivity index (χ3n) is 3.75. The highest BCUT2D eigenvalue weighted by Gasteiger charge is 2.13. The molecule has 0 saturated heterocycles. The van der Waals surface area contributed by atoms with Gasteiger partial charge in [0.05, 0.1) is 16.6 Å². The highest BCUT2D eigenvalue weighted by atomic mass is 16.6. The molecule has 0 aliphatic rings. The maximum atomic E-state index is 11.0. The summed E-state index contributed by atoms with van der Waals surface area (Å²) in [5.41, 5.74) is 3.44. The lowest BCUT2D eigenvalue weighted by molar-refractivity contribution is -0.385. The number of nitriles is 1. The van der Waals surface area contributed by atoms with Crippen molar-refractivity contribution in [3.63, 3.8) is 0 Å². The second-order valence-electron chi connectivity index (χ2n) is 5.15. The molecular weight excluding hydrogens is 278 g/mol. The molecule has 0 heterocycles. The summed E-state index contributed by atoms with van der Waals surface area (Å²) in [6, 6.07) is 14.7. The molecule has 0 aromatic heterocycles. The second-order valence-corrected chi connectivity index (χ2v) is 5.15. The molecule has 2 aromatic rings. The molecule has 0 radical (unpaired) electrons. The van der Waals surface area contributed by atoms with E-state index in [0.29, 0.717) is 17.7 Å². The first-order valence-corrected chi connectivity index (χ1v) is 6.99. The Balaban J connectivity index is 2.08. The van der Waals surface area contributed by atoms with Crippen LogP contribution in [-0.2, 0) is 6.54 Å². The van der Waals surface area contributed by atoms with Crippen LogP contribution >= 0.6 is 0 Å². The summed E-state index contributed by atoms with van der Waals surface area (Å²) in [5, 5.41) is 23.1. The largest absolute Gasteiger partial charge is 0.306 e. The van der Waals surface area contributed by atoms with Crippen molar-refractivity contribution in [1.29, 1.82) is 5.26 Å². The van der Waals surface area contributed by atoms with Gasteiger partial charge in [0.15, 0.2) is 0 Å². The summed E-state index contributed by atoms with van der Waals surface area (Å²) in [4.78, 5) is 10.6. The summed E-state index contributed by atoms with van der Waals surface area (Å²) in [6.45, 7) is 4.34. The van der Waals surface area contributed by atoms with Gasteiger partial charge in [0.2, 0.25) is 0 Å². The molecule has 5 nitrogen and oxygen atoms in total. The Morgan fingerprint density at radius 3 is 2.55 bits per heavy atom. The molecule has 1 atom stereocenters. The van der Waals surface area contributed by atoms with Crippen LogP contribution in [0.15, 0.2) is 42.5 Å². The van der Waals surface area contributed by atoms with Crippen LogP contribution < -0.4 is 5.32 Å². The summed E-state index contributed by atoms with van der Waals surface area (Å²) < 4.78 is 0. The van der Waals surface area contributed by atoms with E-state index in [1.165, 1.54) is 6.07 Å². The fraction of sp³-hybridized carbons (Fsp3) is 0.235. The van der Waals surface area contributed by atoms with E-state index in [1.54, 1.807) is 25.1 Å². The van der Waals surface area contributed by atoms with Gasteiger partial charge in [-0.2, -0.15) is 5.26 Å². The number of hydrogen-bond donors (Lipinski definition) is 1. The predicted octanol–water partition coefficient (Wildman–Crippen LogP) is 3.63. The molecule has 0 aliphatic heterocycles. The number of nitrogens with zero attached hydrogens (tertiary/aromatic N) is 2. The second kappa shape index (κ2) is 6.83. The van der Waals surface area contributed by atoms with Gasteiger partial charge in [0.25, 0.3) is 5.69 Å². The number of nitro groups is 1. The Labute approximate surface area is 129 Å². The molecule has 0 saturated carbocycles. The number of nitro benzene ring substituents is 1. The minimum Gasteiger partial charge on any atom is -0.306 e. The molecule has 2 rings (SSSR count). The Bertz CT molecular complexity index is 718. The lowest BCUT2D eigenvalue weighted by Gasteiger charge is -2.15. The number of rotatable bonds is 5. The first-order chi connectivity index (χ1) is 10.5. The van der Waals surface area contributed by atoms with E-state index in [9.17, 15) is 10.1 Å². The highest BCUT2D eigenvalue weighted by molar-refractivity contribution is 5.44. The number of hydrogen-bond acceptors (Lipinski definition) is 4. The lowest BCUT2D eigenvalue weighted by Crippen LogP contribution is -2.18. The van der Waals surface area contributed by atoms with E-state index in [-0.39, 0.29) is 16.7 Å². The maximum Gasteiger partial charge on any atom is 0.272 e. The Kier molecular flexibility index (Phi) is 4.87. The van der Waals surface area contributed by atoms with Gasteiger partial charge < -0.3 is 5.32 Å². The van der Waals surface area contributed by atoms with Crippen LogP contribution in [0.3, 0.4) is 0 Å². The summed E-state index contributed by atoms with van der Waals surface area (Å²) in [6.07, 6.45) is 0. The molecule has 1 N–H and O–H groups in total. The monoisotopic (exact) mass is 295 g/mol. The van der Waals surface area contributed by atoms with Gasteiger partial charge in [-0.3, -0.25) is 10.1 Å². The lowest BCUT2D eigenvalue weighted by atomic mass is 10.0. The van der Waals surface area contributed by atoms with Crippen LogP contribution in [0, 0.1) is 28.4 Å². The summed E-state index contributed by atoms with van der Waals surface area (Å²) >= 11 is 0. The van der Waals surface area contributed by atoms with Gasteiger partial charge in [0.1, 0.15) is 0 Å². The SMILES string of the molecule is Cc1c(CN[C@H](C)c2ccc(C#N)cc2)cccc1[N+](=O)[O-]. The zero-order valence-electron chi connectivity index (χ0n) is 12.5. The van der Waals surface area contributed by atoms with Crippen molar-refractivity contribution < 1.29 is 4.92 Å². The Morgan fingerprint density at radius 1 is 1.27 bits per heavy atom. The molecule has 5 heteroatoms. The molecule has 112 valence electrons. The van der Waals surface area contributed by atoms with Gasteiger partial charge in [-0.05, 0) is 37.1 Å². The smallest absolute Gasteiger partial charge is 0.272 e. The minimum absolute atomic E-state index is 0.0893. The van der Waals surface area contributed by atoms with E-state index >= 15 is 0 Å². The maximum absolute atomic E-state index is 11.0. The molecule has 0 amide bonds. The molecule has 0 spiro atoms. The van der Waals surface area contributed by atoms with Crippen molar-refractivity contribution in [2.24, 2.45) is 0 Å². The van der Waals surface area contributed by atoms with Crippen molar-refractivity contribution in [2.45, 2.75) is 26.4 Å². The molecule has 22 heavy (non-hydrogen) atoms. The molecule has 0 aliphatic carbocycles. The van der Waals surface area contributed by atoms with Gasteiger partial charge in [-0.1, -0.05) is 24.3 Å². The highest BCUT2D eigenvalue weighted by Crippen LogP contribution is 2.22. The summed E-state index contributed by atoms with van der Waals surface area (Å²) in [5.74, 6) is 0. The number of benzene rings is 2. The van der Waals surface area contributed by atoms with Crippen molar-refractivity contribution in [3.05, 3.63) is 74.8 Å². The predicted molar refractivity (Wildman–Crippen MR) is 84.2 cm³/mol. The van der Waals surface area contributed by atoms with Crippen LogP contribution in [-0.4, -0.2) is 4.92 Å². The van der Waals surface area contributed by atoms with Gasteiger partial charge >= 0.3 is 0 Å². The standard InChI is InChI=1S/C17H17N3O2/c1-12-16(4-3-5-17(12)20(21)22)11-19-13(2)15-8-6-14(10-18)7-9-15/h3-9,13,19H,11H2,1-2H3/t13-/m1/s1. The minimum atomic E-state index is -0.358. The fourth-order valence-electron chi connectivity index (χ4n) is 2.29. The average Bonchev–Trinajstić information content (AvgIpc) is 2.53. The van der Waals surface area contributed by atoms with E-state index in [1.807, 2.05) is 25.1 Å². The van der Waals surface area contributed by atoms with Crippen molar-refractivity contribution in [2.75, 3.05) is 0 Å². The Morgan fingerprint density at radius 2 is 1.95 bits per heavy atom. The quantitative estimate of drug-likeness (QED) is 0.675. The molecule has 0 fully saturated rings. The zero-order valence-corrected chi connectivity index (χ0v) is 12.5. The average molecular weight is 295 g/mol. The van der Waals surface area contributed by atoms with Gasteiger partial charge in [-0.25, -0.2) is 0 Å². The first kappa shape index (κ1) is 15.7. The van der Waals surface area contributed by atoms with Gasteiger partial charge in [-0.15, -0.1) is 0 Å². The van der Waals surface area contributed by atoms with Crippen LogP contribution in [0.1, 0.15) is 35.2 Å². The van der Waals surface area contributed by atoms with Crippen molar-refractivity contribution in [3.8, 4) is 6.07 Å². The van der Waals surface area contributed by atoms with E-state index in [2.05, 4.69) is 11.4 Å². The van der Waals surface area contributed by atoms with E-state index in [4.69, 9.17) is 5.26 Å². The van der Waals surface area contributed by atoms with Crippen LogP contribution in [0.25, 0.3) is 0 Å². The van der Waals surface area contributed by atoms with Gasteiger partial charge in [0, 0.05) is 24.2 Å². The third kappa shape index (κ3) is 3.48. The van der Waals surface area contributed by atoms with Crippen molar-refractivity contribution >= 4 is 5.69 Å². The van der Waals surface area contributed by atoms with Crippen LogP contribution in [0.4, 0.5) is 5.69 Å². The topological polar surface area (TPSA) is 79.0 Å². The van der Waals surface area contributed by atoms with E-state index < -0.39 is 0 Å². The fourth-order valence-corrected chi connectivity index (χ4v) is 2.29. The molecule has 0 unspecified atom stereocenters. The van der Waals surface area contributed by atoms with E-state index in [0.717, 1.165) is 11.1 Å². The Hall–Kier alpha value is -2.71. The number of nitrogens with one attached hydrogen (secondary N) is 1. The van der Waals surface area contributed by atoms with Crippen LogP contribution in [0.5, 0.6) is 0 Å². The zero-order chi connectivity index (χ0) is 16.1. The molecule has 0 bridgehead atoms. The molecule has 2 aromatic carbocycles. The third-order valence-corrected chi connectivity index (χ3v) is 3.75. The normalized spacial score (nSPS) is 11.7. The summed E-state index contributed by atoms with van der Waals surface area (Å²) in [7, 11) is 0. The van der Waals surface area contributed by atoms with Crippen LogP contribution in [0.2, 0.25) is 0 Å². The molecular formula is C17H17N3O2. The first-order valence-electron chi connectivity index (χ1n) is 6.99. The van der Waals surface area contributed by atoms with Crippen molar-refractivity contribution in [1.82, 2.24) is 5.32 Å².